The summed E-state index contributed by atoms with van der Waals surface area (Å²) in [6.07, 6.45) is -1.49. The van der Waals surface area contributed by atoms with Gasteiger partial charge in [-0.3, -0.25) is 9.59 Å². The summed E-state index contributed by atoms with van der Waals surface area (Å²) in [5.74, 6) is -2.17. The fraction of sp³-hybridized carbons (Fsp3) is 0.556. The predicted molar refractivity (Wildman–Crippen MR) is 54.1 cm³/mol. The molecule has 0 aromatic heterocycles. The summed E-state index contributed by atoms with van der Waals surface area (Å²) >= 11 is 0. The Kier molecular flexibility index (Phi) is 3.59. The second-order valence-electron chi connectivity index (χ2n) is 3.31. The fourth-order valence-electron chi connectivity index (χ4n) is 1.67. The molecular formula is C9H14N2O6. The number of methoxy groups -OCH3 is 3. The normalized spacial score (nSPS) is 25.5. The van der Waals surface area contributed by atoms with E-state index in [1.54, 1.807) is 0 Å². The van der Waals surface area contributed by atoms with Crippen LogP contribution in [0, 0.1) is 0 Å². The number of ether oxygens (including phenoxy) is 3. The highest BCUT2D eigenvalue weighted by molar-refractivity contribution is 5.97. The lowest BCUT2D eigenvalue weighted by molar-refractivity contribution is -0.152. The van der Waals surface area contributed by atoms with Crippen molar-refractivity contribution in [3.05, 3.63) is 11.5 Å². The van der Waals surface area contributed by atoms with Crippen LogP contribution in [0.5, 0.6) is 0 Å². The standard InChI is InChI=1S/C9H14N2O6/c1-15-4-5(16-2)9(14,11-8(4)13)6(17-3)7(10)12/h6,14H,1-3H3,(H2,10,12)(H,11,13)/t6-,9+/m0/s1. The van der Waals surface area contributed by atoms with Crippen molar-refractivity contribution in [1.82, 2.24) is 5.32 Å². The molecule has 0 bridgehead atoms. The molecule has 1 aliphatic heterocycles. The zero-order valence-corrected chi connectivity index (χ0v) is 9.64. The van der Waals surface area contributed by atoms with Gasteiger partial charge < -0.3 is 30.4 Å². The lowest BCUT2D eigenvalue weighted by Crippen LogP contribution is -2.59. The quantitative estimate of drug-likeness (QED) is 0.506. The topological polar surface area (TPSA) is 120 Å². The van der Waals surface area contributed by atoms with Crippen molar-refractivity contribution in [2.45, 2.75) is 11.8 Å². The molecule has 2 atom stereocenters. The number of aliphatic hydroxyl groups is 1. The van der Waals surface area contributed by atoms with Gasteiger partial charge in [0, 0.05) is 7.11 Å². The number of hydrogen-bond donors (Lipinski definition) is 3. The molecule has 2 amide bonds. The number of nitrogens with two attached hydrogens (primary N) is 1. The molecule has 0 saturated heterocycles. The molecular weight excluding hydrogens is 232 g/mol. The smallest absolute Gasteiger partial charge is 0.292 e. The van der Waals surface area contributed by atoms with Crippen molar-refractivity contribution in [2.24, 2.45) is 5.73 Å². The Hall–Kier alpha value is -1.80. The average molecular weight is 246 g/mol. The number of rotatable bonds is 5. The van der Waals surface area contributed by atoms with Gasteiger partial charge in [-0.2, -0.15) is 0 Å². The number of carbonyl (C=O) groups is 2. The molecule has 0 unspecified atom stereocenters. The highest BCUT2D eigenvalue weighted by Crippen LogP contribution is 2.30. The first-order valence-corrected chi connectivity index (χ1v) is 4.62. The summed E-state index contributed by atoms with van der Waals surface area (Å²) in [6.45, 7) is 0. The van der Waals surface area contributed by atoms with E-state index < -0.39 is 23.6 Å². The summed E-state index contributed by atoms with van der Waals surface area (Å²) in [5.41, 5.74) is 2.90. The SMILES string of the molecule is COC1=C(OC)[C@@](O)([C@@H](OC)C(N)=O)NC1=O. The van der Waals surface area contributed by atoms with Gasteiger partial charge in [-0.15, -0.1) is 0 Å². The summed E-state index contributed by atoms with van der Waals surface area (Å²) in [5, 5.41) is 12.4. The molecule has 4 N–H and O–H groups in total. The molecule has 0 aromatic carbocycles. The lowest BCUT2D eigenvalue weighted by Gasteiger charge is -2.29. The Morgan fingerprint density at radius 3 is 2.35 bits per heavy atom. The molecule has 96 valence electrons. The Balaban J connectivity index is 3.25. The zero-order valence-electron chi connectivity index (χ0n) is 9.64. The van der Waals surface area contributed by atoms with E-state index in [0.717, 1.165) is 7.11 Å². The van der Waals surface area contributed by atoms with Crippen LogP contribution in [0.3, 0.4) is 0 Å². The maximum absolute atomic E-state index is 11.5. The van der Waals surface area contributed by atoms with E-state index >= 15 is 0 Å². The molecule has 1 aliphatic rings. The first kappa shape index (κ1) is 13.3. The van der Waals surface area contributed by atoms with Crippen LogP contribution in [-0.4, -0.2) is 50.1 Å². The van der Waals surface area contributed by atoms with Crippen molar-refractivity contribution in [3.63, 3.8) is 0 Å². The first-order valence-electron chi connectivity index (χ1n) is 4.62. The van der Waals surface area contributed by atoms with Gasteiger partial charge in [0.2, 0.25) is 11.5 Å². The molecule has 0 aliphatic carbocycles. The van der Waals surface area contributed by atoms with E-state index in [4.69, 9.17) is 19.9 Å². The number of primary amides is 1. The second kappa shape index (κ2) is 4.60. The van der Waals surface area contributed by atoms with E-state index in [0.29, 0.717) is 0 Å². The van der Waals surface area contributed by atoms with Crippen molar-refractivity contribution >= 4 is 11.8 Å². The average Bonchev–Trinajstić information content (AvgIpc) is 2.49. The van der Waals surface area contributed by atoms with Gasteiger partial charge in [0.15, 0.2) is 11.9 Å². The predicted octanol–water partition coefficient (Wildman–Crippen LogP) is -2.19. The van der Waals surface area contributed by atoms with Gasteiger partial charge in [-0.25, -0.2) is 0 Å². The summed E-state index contributed by atoms with van der Waals surface area (Å²) in [6, 6.07) is 0. The van der Waals surface area contributed by atoms with E-state index in [1.807, 2.05) is 0 Å². The largest absolute Gasteiger partial charge is 0.492 e. The van der Waals surface area contributed by atoms with E-state index in [1.165, 1.54) is 14.2 Å². The Labute approximate surface area is 97.3 Å². The van der Waals surface area contributed by atoms with Crippen LogP contribution < -0.4 is 11.1 Å². The molecule has 1 heterocycles. The molecule has 8 nitrogen and oxygen atoms in total. The zero-order chi connectivity index (χ0) is 13.2. The first-order chi connectivity index (χ1) is 7.92. The van der Waals surface area contributed by atoms with Gasteiger partial charge in [0.1, 0.15) is 0 Å². The minimum atomic E-state index is -2.17. The van der Waals surface area contributed by atoms with Crippen molar-refractivity contribution in [1.29, 1.82) is 0 Å². The van der Waals surface area contributed by atoms with Crippen LogP contribution in [0.2, 0.25) is 0 Å². The van der Waals surface area contributed by atoms with Crippen molar-refractivity contribution in [2.75, 3.05) is 21.3 Å². The highest BCUT2D eigenvalue weighted by atomic mass is 16.5. The maximum Gasteiger partial charge on any atom is 0.292 e. The fourth-order valence-corrected chi connectivity index (χ4v) is 1.67. The Bertz CT molecular complexity index is 380. The highest BCUT2D eigenvalue weighted by Gasteiger charge is 2.54. The van der Waals surface area contributed by atoms with Crippen LogP contribution >= 0.6 is 0 Å². The molecule has 17 heavy (non-hydrogen) atoms. The monoisotopic (exact) mass is 246 g/mol. The maximum atomic E-state index is 11.5. The number of nitrogens with one attached hydrogen (secondary N) is 1. The Morgan fingerprint density at radius 1 is 1.41 bits per heavy atom. The molecule has 0 saturated carbocycles. The van der Waals surface area contributed by atoms with Crippen LogP contribution in [0.4, 0.5) is 0 Å². The van der Waals surface area contributed by atoms with Gasteiger partial charge in [-0.05, 0) is 0 Å². The van der Waals surface area contributed by atoms with Gasteiger partial charge >= 0.3 is 0 Å². The number of carbonyl (C=O) groups excluding carboxylic acids is 2. The molecule has 0 radical (unpaired) electrons. The van der Waals surface area contributed by atoms with E-state index in [-0.39, 0.29) is 11.5 Å². The lowest BCUT2D eigenvalue weighted by atomic mass is 10.1. The number of amides is 2. The van der Waals surface area contributed by atoms with Crippen molar-refractivity contribution < 1.29 is 28.9 Å². The van der Waals surface area contributed by atoms with Crippen LogP contribution in [0.25, 0.3) is 0 Å². The summed E-state index contributed by atoms with van der Waals surface area (Å²) in [4.78, 5) is 22.6. The van der Waals surface area contributed by atoms with E-state index in [2.05, 4.69) is 5.32 Å². The number of hydrogen-bond acceptors (Lipinski definition) is 6. The third-order valence-corrected chi connectivity index (χ3v) is 2.34. The minimum absolute atomic E-state index is 0.238. The van der Waals surface area contributed by atoms with Gasteiger partial charge in [-0.1, -0.05) is 0 Å². The Morgan fingerprint density at radius 2 is 2.00 bits per heavy atom. The molecule has 0 fully saturated rings. The molecule has 1 rings (SSSR count). The molecule has 0 spiro atoms. The summed E-state index contributed by atoms with van der Waals surface area (Å²) < 4.78 is 14.4. The second-order valence-corrected chi connectivity index (χ2v) is 3.31. The summed E-state index contributed by atoms with van der Waals surface area (Å²) in [7, 11) is 3.61. The van der Waals surface area contributed by atoms with Crippen molar-refractivity contribution in [3.8, 4) is 0 Å². The minimum Gasteiger partial charge on any atom is -0.492 e. The van der Waals surface area contributed by atoms with Gasteiger partial charge in [0.25, 0.3) is 11.8 Å². The van der Waals surface area contributed by atoms with Crippen LogP contribution in [0.15, 0.2) is 11.5 Å². The molecule has 8 heteroatoms. The third kappa shape index (κ3) is 1.92. The van der Waals surface area contributed by atoms with Crippen LogP contribution in [0.1, 0.15) is 0 Å². The third-order valence-electron chi connectivity index (χ3n) is 2.34. The van der Waals surface area contributed by atoms with E-state index in [9.17, 15) is 14.7 Å². The van der Waals surface area contributed by atoms with Crippen LogP contribution in [-0.2, 0) is 23.8 Å². The molecule has 0 aromatic rings. The van der Waals surface area contributed by atoms with Gasteiger partial charge in [0.05, 0.1) is 14.2 Å².